The number of carbonyl (C=O) groups is 2. The summed E-state index contributed by atoms with van der Waals surface area (Å²) in [5.41, 5.74) is 3.89. The van der Waals surface area contributed by atoms with E-state index in [0.717, 1.165) is 21.2 Å². The molecule has 0 radical (unpaired) electrons. The van der Waals surface area contributed by atoms with Crippen LogP contribution in [0.4, 0.5) is 0 Å². The van der Waals surface area contributed by atoms with Gasteiger partial charge in [0.1, 0.15) is 18.1 Å². The summed E-state index contributed by atoms with van der Waals surface area (Å²) in [6, 6.07) is 21.9. The molecule has 0 saturated carbocycles. The fourth-order valence-electron chi connectivity index (χ4n) is 5.95. The molecular weight excluding hydrogens is 698 g/mol. The van der Waals surface area contributed by atoms with Crippen LogP contribution in [-0.4, -0.2) is 73.5 Å². The number of nitrogens with zero attached hydrogens (tertiary/aromatic N) is 6. The summed E-state index contributed by atoms with van der Waals surface area (Å²) >= 11 is 3.51. The number of aromatic nitrogens is 4. The predicted octanol–water partition coefficient (Wildman–Crippen LogP) is 5.47. The van der Waals surface area contributed by atoms with E-state index in [1.54, 1.807) is 58.3 Å². The Bertz CT molecular complexity index is 2080. The van der Waals surface area contributed by atoms with Gasteiger partial charge in [-0.25, -0.2) is 14.8 Å². The summed E-state index contributed by atoms with van der Waals surface area (Å²) in [6.45, 7) is 6.90. The Morgan fingerprint density at radius 1 is 1.04 bits per heavy atom. The molecular formula is C38H40BrN7O4. The van der Waals surface area contributed by atoms with E-state index in [1.165, 1.54) is 4.57 Å². The third-order valence-electron chi connectivity index (χ3n) is 9.16. The summed E-state index contributed by atoms with van der Waals surface area (Å²) in [6.07, 6.45) is 3.35. The molecule has 2 aromatic heterocycles. The molecule has 6 rings (SSSR count). The molecule has 0 aliphatic carbocycles. The number of fused-ring (bicyclic) bond motifs is 1. The minimum Gasteiger partial charge on any atom is -0.492 e. The van der Waals surface area contributed by atoms with Crippen molar-refractivity contribution in [3.63, 3.8) is 0 Å². The highest BCUT2D eigenvalue weighted by molar-refractivity contribution is 9.10. The van der Waals surface area contributed by atoms with Crippen molar-refractivity contribution in [1.82, 2.24) is 34.2 Å². The number of amides is 2. The first kappa shape index (κ1) is 34.8. The van der Waals surface area contributed by atoms with Gasteiger partial charge in [0.2, 0.25) is 0 Å². The molecule has 5 aromatic rings. The van der Waals surface area contributed by atoms with Crippen LogP contribution >= 0.6 is 15.9 Å². The number of nitrogens with one attached hydrogen (secondary N) is 1. The number of likely N-dealkylation sites (N-methyl/N-ethyl adjacent to an activating group) is 1. The van der Waals surface area contributed by atoms with Crippen LogP contribution in [0.5, 0.6) is 5.75 Å². The molecule has 0 unspecified atom stereocenters. The Morgan fingerprint density at radius 3 is 2.46 bits per heavy atom. The lowest BCUT2D eigenvalue weighted by Crippen LogP contribution is -2.47. The molecule has 12 heteroatoms. The number of hydrogen-bond donors (Lipinski definition) is 1. The number of aryl methyl sites for hydroxylation is 1. The Hall–Kier alpha value is -5.07. The molecule has 0 fully saturated rings. The van der Waals surface area contributed by atoms with Gasteiger partial charge < -0.3 is 19.9 Å². The molecule has 258 valence electrons. The van der Waals surface area contributed by atoms with E-state index in [4.69, 9.17) is 4.74 Å². The fourth-order valence-corrected chi connectivity index (χ4v) is 6.20. The van der Waals surface area contributed by atoms with Gasteiger partial charge >= 0.3 is 5.69 Å². The van der Waals surface area contributed by atoms with Gasteiger partial charge in [-0.05, 0) is 94.5 Å². The minimum absolute atomic E-state index is 0.0815. The summed E-state index contributed by atoms with van der Waals surface area (Å²) in [4.78, 5) is 55.0. The van der Waals surface area contributed by atoms with Gasteiger partial charge in [-0.2, -0.15) is 0 Å². The highest BCUT2D eigenvalue weighted by Gasteiger charge is 2.35. The Balaban J connectivity index is 1.37. The van der Waals surface area contributed by atoms with Crippen molar-refractivity contribution in [2.45, 2.75) is 52.5 Å². The van der Waals surface area contributed by atoms with Crippen molar-refractivity contribution in [3.05, 3.63) is 128 Å². The zero-order valence-corrected chi connectivity index (χ0v) is 30.3. The van der Waals surface area contributed by atoms with Crippen molar-refractivity contribution in [2.75, 3.05) is 20.7 Å². The van der Waals surface area contributed by atoms with Gasteiger partial charge in [0, 0.05) is 53.2 Å². The van der Waals surface area contributed by atoms with Crippen LogP contribution in [-0.2, 0) is 19.6 Å². The third kappa shape index (κ3) is 7.12. The molecule has 3 heterocycles. The highest BCUT2D eigenvalue weighted by Crippen LogP contribution is 2.27. The van der Waals surface area contributed by atoms with Crippen molar-refractivity contribution in [3.8, 4) is 22.8 Å². The van der Waals surface area contributed by atoms with E-state index in [9.17, 15) is 14.4 Å². The Labute approximate surface area is 299 Å². The normalized spacial score (nSPS) is 14.7. The Kier molecular flexibility index (Phi) is 10.3. The number of imidazole rings is 1. The van der Waals surface area contributed by atoms with Crippen LogP contribution in [0.25, 0.3) is 17.1 Å². The van der Waals surface area contributed by atoms with Crippen LogP contribution in [0.1, 0.15) is 51.5 Å². The zero-order chi connectivity index (χ0) is 35.5. The van der Waals surface area contributed by atoms with Crippen molar-refractivity contribution in [1.29, 1.82) is 0 Å². The number of halogens is 1. The van der Waals surface area contributed by atoms with Crippen LogP contribution in [0.15, 0.2) is 94.5 Å². The van der Waals surface area contributed by atoms with E-state index in [-0.39, 0.29) is 49.0 Å². The monoisotopic (exact) mass is 737 g/mol. The fraction of sp³-hybridized carbons (Fsp3) is 0.289. The maximum Gasteiger partial charge on any atom is 0.333 e. The summed E-state index contributed by atoms with van der Waals surface area (Å²) in [5.74, 6) is 0.585. The first-order chi connectivity index (χ1) is 24.0. The quantitative estimate of drug-likeness (QED) is 0.202. The van der Waals surface area contributed by atoms with Crippen LogP contribution in [0.2, 0.25) is 0 Å². The SMILES string of the molecule is Cc1cc(C(=O)N2Cc3c(C(=O)NCc4ccccc4-c4ncccn4)n(-c4ccc(OC[C@@H](C)N(C)C)cc4)c(=O)n3C[C@H]2C)ccc1Br. The van der Waals surface area contributed by atoms with Crippen molar-refractivity contribution < 1.29 is 14.3 Å². The molecule has 2 atom stereocenters. The lowest BCUT2D eigenvalue weighted by atomic mass is 10.1. The summed E-state index contributed by atoms with van der Waals surface area (Å²) in [7, 11) is 3.99. The molecule has 0 spiro atoms. The van der Waals surface area contributed by atoms with Crippen LogP contribution < -0.4 is 15.7 Å². The van der Waals surface area contributed by atoms with Crippen LogP contribution in [0.3, 0.4) is 0 Å². The number of rotatable bonds is 10. The van der Waals surface area contributed by atoms with Crippen molar-refractivity contribution in [2.24, 2.45) is 0 Å². The van der Waals surface area contributed by atoms with E-state index < -0.39 is 5.91 Å². The summed E-state index contributed by atoms with van der Waals surface area (Å²) in [5, 5.41) is 3.05. The molecule has 1 aliphatic heterocycles. The van der Waals surface area contributed by atoms with Crippen molar-refractivity contribution >= 4 is 27.7 Å². The molecule has 3 aromatic carbocycles. The van der Waals surface area contributed by atoms with Crippen LogP contribution in [0, 0.1) is 6.92 Å². The second-order valence-corrected chi connectivity index (χ2v) is 13.7. The third-order valence-corrected chi connectivity index (χ3v) is 10.0. The average Bonchev–Trinajstić information content (AvgIpc) is 3.41. The number of carbonyl (C=O) groups excluding carboxylic acids is 2. The lowest BCUT2D eigenvalue weighted by molar-refractivity contribution is 0.0610. The first-order valence-electron chi connectivity index (χ1n) is 16.5. The number of hydrogen-bond acceptors (Lipinski definition) is 7. The standard InChI is InChI=1S/C38H40BrN7O4/c1-24-19-27(11-16-32(24)39)37(48)44-22-33-34(36(47)42-20-28-9-6-7-10-31(28)35-40-17-8-18-41-35)46(38(49)45(33)21-25(44)2)29-12-14-30(15-13-29)50-23-26(3)43(4)5/h6-19,25-26H,20-23H2,1-5H3,(H,42,47)/t25-,26-/m1/s1. The predicted molar refractivity (Wildman–Crippen MR) is 196 cm³/mol. The van der Waals surface area contributed by atoms with Gasteiger partial charge in [0.25, 0.3) is 11.8 Å². The average molecular weight is 739 g/mol. The van der Waals surface area contributed by atoms with E-state index in [2.05, 4.69) is 43.0 Å². The minimum atomic E-state index is -0.443. The van der Waals surface area contributed by atoms with Gasteiger partial charge in [-0.1, -0.05) is 40.2 Å². The number of ether oxygens (including phenoxy) is 1. The molecule has 11 nitrogen and oxygen atoms in total. The maximum absolute atomic E-state index is 14.3. The molecule has 1 N–H and O–H groups in total. The molecule has 1 aliphatic rings. The zero-order valence-electron chi connectivity index (χ0n) is 28.8. The van der Waals surface area contributed by atoms with E-state index in [0.29, 0.717) is 35.1 Å². The second kappa shape index (κ2) is 14.8. The molecule has 50 heavy (non-hydrogen) atoms. The molecule has 0 bridgehead atoms. The maximum atomic E-state index is 14.3. The molecule has 2 amide bonds. The van der Waals surface area contributed by atoms with E-state index >= 15 is 0 Å². The largest absolute Gasteiger partial charge is 0.492 e. The number of benzene rings is 3. The van der Waals surface area contributed by atoms with Gasteiger partial charge in [0.15, 0.2) is 5.82 Å². The highest BCUT2D eigenvalue weighted by atomic mass is 79.9. The molecule has 0 saturated heterocycles. The lowest BCUT2D eigenvalue weighted by Gasteiger charge is -2.34. The first-order valence-corrected chi connectivity index (χ1v) is 17.3. The van der Waals surface area contributed by atoms with E-state index in [1.807, 2.05) is 64.3 Å². The topological polar surface area (TPSA) is 115 Å². The van der Waals surface area contributed by atoms with Gasteiger partial charge in [-0.3, -0.25) is 18.7 Å². The summed E-state index contributed by atoms with van der Waals surface area (Å²) < 4.78 is 9.95. The Morgan fingerprint density at radius 2 is 1.76 bits per heavy atom. The van der Waals surface area contributed by atoms with Gasteiger partial charge in [0.05, 0.1) is 17.9 Å². The van der Waals surface area contributed by atoms with Gasteiger partial charge in [-0.15, -0.1) is 0 Å². The smallest absolute Gasteiger partial charge is 0.333 e. The second-order valence-electron chi connectivity index (χ2n) is 12.8.